The third kappa shape index (κ3) is 3.56. The first-order valence-electron chi connectivity index (χ1n) is 7.47. The second-order valence-corrected chi connectivity index (χ2v) is 7.27. The topological polar surface area (TPSA) is 97.6 Å². The minimum Gasteiger partial charge on any atom is -0.461 e. The Labute approximate surface area is 134 Å². The SMILES string of the molecule is CCOC(=O)c1c(F)c(S(=O)(=O)NC2CCCC2CO)cn1C. The highest BCUT2D eigenvalue weighted by atomic mass is 32.2. The van der Waals surface area contributed by atoms with E-state index in [4.69, 9.17) is 4.74 Å². The molecule has 0 spiro atoms. The number of aliphatic hydroxyl groups excluding tert-OH is 1. The average molecular weight is 348 g/mol. The van der Waals surface area contributed by atoms with Gasteiger partial charge in [-0.1, -0.05) is 6.42 Å². The summed E-state index contributed by atoms with van der Waals surface area (Å²) in [6, 6.07) is -0.435. The van der Waals surface area contributed by atoms with Crippen molar-refractivity contribution < 1.29 is 27.4 Å². The maximum absolute atomic E-state index is 14.4. The predicted octanol–water partition coefficient (Wildman–Crippen LogP) is 0.780. The molecule has 1 aromatic heterocycles. The van der Waals surface area contributed by atoms with Gasteiger partial charge in [0, 0.05) is 25.9 Å². The number of rotatable bonds is 6. The summed E-state index contributed by atoms with van der Waals surface area (Å²) in [5.41, 5.74) is -0.433. The molecule has 1 aliphatic carbocycles. The summed E-state index contributed by atoms with van der Waals surface area (Å²) in [6.45, 7) is 1.51. The van der Waals surface area contributed by atoms with Crippen LogP contribution < -0.4 is 4.72 Å². The lowest BCUT2D eigenvalue weighted by Gasteiger charge is -2.18. The van der Waals surface area contributed by atoms with Gasteiger partial charge in [0.1, 0.15) is 4.90 Å². The summed E-state index contributed by atoms with van der Waals surface area (Å²) in [5.74, 6) is -2.22. The summed E-state index contributed by atoms with van der Waals surface area (Å²) >= 11 is 0. The highest BCUT2D eigenvalue weighted by molar-refractivity contribution is 7.89. The van der Waals surface area contributed by atoms with E-state index in [1.54, 1.807) is 6.92 Å². The number of aromatic nitrogens is 1. The molecule has 1 aliphatic rings. The maximum Gasteiger partial charge on any atom is 0.358 e. The first-order chi connectivity index (χ1) is 10.8. The first kappa shape index (κ1) is 17.9. The van der Waals surface area contributed by atoms with E-state index in [2.05, 4.69) is 4.72 Å². The van der Waals surface area contributed by atoms with Crippen molar-refractivity contribution in [2.75, 3.05) is 13.2 Å². The van der Waals surface area contributed by atoms with Crippen LogP contribution in [0.15, 0.2) is 11.1 Å². The van der Waals surface area contributed by atoms with Crippen LogP contribution in [-0.4, -0.2) is 43.3 Å². The van der Waals surface area contributed by atoms with Gasteiger partial charge in [-0.15, -0.1) is 0 Å². The van der Waals surface area contributed by atoms with E-state index in [1.807, 2.05) is 0 Å². The van der Waals surface area contributed by atoms with E-state index in [1.165, 1.54) is 7.05 Å². The van der Waals surface area contributed by atoms with E-state index in [-0.39, 0.29) is 19.1 Å². The van der Waals surface area contributed by atoms with Crippen LogP contribution in [0.1, 0.15) is 36.7 Å². The molecule has 0 amide bonds. The molecule has 0 aromatic carbocycles. The summed E-state index contributed by atoms with van der Waals surface area (Å²) in [7, 11) is -2.76. The number of nitrogens with zero attached hydrogens (tertiary/aromatic N) is 1. The number of aryl methyl sites for hydroxylation is 1. The third-order valence-corrected chi connectivity index (χ3v) is 5.52. The second kappa shape index (κ2) is 6.98. The minimum atomic E-state index is -4.13. The molecule has 1 heterocycles. The molecular weight excluding hydrogens is 327 g/mol. The van der Waals surface area contributed by atoms with Crippen molar-refractivity contribution in [2.24, 2.45) is 13.0 Å². The van der Waals surface area contributed by atoms with Gasteiger partial charge < -0.3 is 14.4 Å². The molecule has 23 heavy (non-hydrogen) atoms. The van der Waals surface area contributed by atoms with Crippen LogP contribution in [-0.2, 0) is 21.8 Å². The van der Waals surface area contributed by atoms with Gasteiger partial charge in [0.25, 0.3) is 0 Å². The quantitative estimate of drug-likeness (QED) is 0.741. The monoisotopic (exact) mass is 348 g/mol. The molecule has 9 heteroatoms. The van der Waals surface area contributed by atoms with Crippen LogP contribution in [0.25, 0.3) is 0 Å². The first-order valence-corrected chi connectivity index (χ1v) is 8.95. The van der Waals surface area contributed by atoms with Crippen molar-refractivity contribution in [1.29, 1.82) is 0 Å². The number of ether oxygens (including phenoxy) is 1. The van der Waals surface area contributed by atoms with Gasteiger partial charge in [-0.05, 0) is 25.7 Å². The Hall–Kier alpha value is -1.45. The minimum absolute atomic E-state index is 0.0596. The van der Waals surface area contributed by atoms with Gasteiger partial charge in [0.2, 0.25) is 10.0 Å². The molecule has 0 radical (unpaired) electrons. The Bertz CT molecular complexity index is 686. The number of esters is 1. The fraction of sp³-hybridized carbons (Fsp3) is 0.643. The summed E-state index contributed by atoms with van der Waals surface area (Å²) in [4.78, 5) is 11.1. The number of carbonyl (C=O) groups excluding carboxylic acids is 1. The summed E-state index contributed by atoms with van der Waals surface area (Å²) in [5, 5.41) is 9.26. The Morgan fingerprint density at radius 1 is 1.52 bits per heavy atom. The van der Waals surface area contributed by atoms with Gasteiger partial charge in [-0.2, -0.15) is 0 Å². The van der Waals surface area contributed by atoms with Crippen molar-refractivity contribution >= 4 is 16.0 Å². The van der Waals surface area contributed by atoms with E-state index in [0.717, 1.165) is 23.6 Å². The predicted molar refractivity (Wildman–Crippen MR) is 79.9 cm³/mol. The highest BCUT2D eigenvalue weighted by Gasteiger charge is 2.34. The zero-order valence-corrected chi connectivity index (χ0v) is 13.9. The Morgan fingerprint density at radius 2 is 2.22 bits per heavy atom. The molecule has 7 nitrogen and oxygen atoms in total. The zero-order chi connectivity index (χ0) is 17.2. The standard InChI is InChI=1S/C14H21FN2O5S/c1-3-22-14(19)13-12(15)11(7-17(13)2)23(20,21)16-10-6-4-5-9(10)8-18/h7,9-10,16,18H,3-6,8H2,1-2H3. The van der Waals surface area contributed by atoms with Crippen LogP contribution in [0.3, 0.4) is 0 Å². The number of sulfonamides is 1. The fourth-order valence-corrected chi connectivity index (χ4v) is 4.33. The van der Waals surface area contributed by atoms with Gasteiger partial charge in [-0.25, -0.2) is 22.3 Å². The van der Waals surface area contributed by atoms with Crippen LogP contribution in [0.2, 0.25) is 0 Å². The Kier molecular flexibility index (Phi) is 5.43. The van der Waals surface area contributed by atoms with Crippen molar-refractivity contribution in [3.8, 4) is 0 Å². The molecule has 1 fully saturated rings. The highest BCUT2D eigenvalue weighted by Crippen LogP contribution is 2.28. The van der Waals surface area contributed by atoms with Gasteiger partial charge in [-0.3, -0.25) is 0 Å². The molecule has 0 bridgehead atoms. The largest absolute Gasteiger partial charge is 0.461 e. The third-order valence-electron chi connectivity index (χ3n) is 4.05. The molecule has 130 valence electrons. The van der Waals surface area contributed by atoms with Gasteiger partial charge >= 0.3 is 5.97 Å². The maximum atomic E-state index is 14.4. The number of hydrogen-bond donors (Lipinski definition) is 2. The Balaban J connectivity index is 2.30. The van der Waals surface area contributed by atoms with Crippen LogP contribution in [0.5, 0.6) is 0 Å². The fourth-order valence-electron chi connectivity index (χ4n) is 2.86. The van der Waals surface area contributed by atoms with Gasteiger partial charge in [0.15, 0.2) is 11.5 Å². The number of carbonyl (C=O) groups is 1. The number of halogens is 1. The summed E-state index contributed by atoms with van der Waals surface area (Å²) < 4.78 is 47.5. The molecule has 0 aliphatic heterocycles. The lowest BCUT2D eigenvalue weighted by molar-refractivity contribution is 0.0509. The molecule has 2 unspecified atom stereocenters. The Morgan fingerprint density at radius 3 is 2.83 bits per heavy atom. The number of hydrogen-bond acceptors (Lipinski definition) is 5. The molecule has 1 saturated carbocycles. The van der Waals surface area contributed by atoms with Crippen LogP contribution in [0.4, 0.5) is 4.39 Å². The lowest BCUT2D eigenvalue weighted by Crippen LogP contribution is -2.38. The average Bonchev–Trinajstić information content (AvgIpc) is 3.03. The molecule has 0 saturated heterocycles. The molecule has 2 N–H and O–H groups in total. The van der Waals surface area contributed by atoms with E-state index in [9.17, 15) is 22.7 Å². The second-order valence-electron chi connectivity index (χ2n) is 5.59. The molecule has 1 aromatic rings. The van der Waals surface area contributed by atoms with Gasteiger partial charge in [0.05, 0.1) is 6.61 Å². The summed E-state index contributed by atoms with van der Waals surface area (Å²) in [6.07, 6.45) is 3.15. The van der Waals surface area contributed by atoms with Crippen molar-refractivity contribution in [1.82, 2.24) is 9.29 Å². The van der Waals surface area contributed by atoms with Crippen molar-refractivity contribution in [3.05, 3.63) is 17.7 Å². The molecule has 2 atom stereocenters. The van der Waals surface area contributed by atoms with Crippen molar-refractivity contribution in [2.45, 2.75) is 37.1 Å². The normalized spacial score (nSPS) is 21.6. The van der Waals surface area contributed by atoms with Crippen molar-refractivity contribution in [3.63, 3.8) is 0 Å². The number of aliphatic hydroxyl groups is 1. The zero-order valence-electron chi connectivity index (χ0n) is 13.1. The lowest BCUT2D eigenvalue weighted by atomic mass is 10.1. The van der Waals surface area contributed by atoms with E-state index >= 15 is 0 Å². The van der Waals surface area contributed by atoms with E-state index < -0.39 is 38.4 Å². The smallest absolute Gasteiger partial charge is 0.358 e. The van der Waals surface area contributed by atoms with Crippen LogP contribution >= 0.6 is 0 Å². The number of nitrogens with one attached hydrogen (secondary N) is 1. The molecular formula is C14H21FN2O5S. The van der Waals surface area contributed by atoms with Crippen LogP contribution in [0, 0.1) is 11.7 Å². The van der Waals surface area contributed by atoms with E-state index in [0.29, 0.717) is 6.42 Å². The molecule has 2 rings (SSSR count).